The number of anilines is 1. The van der Waals surface area contributed by atoms with Crippen molar-refractivity contribution in [2.24, 2.45) is 0 Å². The quantitative estimate of drug-likeness (QED) is 0.380. The molecular formula is C25H25N3O5. The van der Waals surface area contributed by atoms with Crippen molar-refractivity contribution in [1.82, 2.24) is 9.78 Å². The smallest absolute Gasteiger partial charge is 0.361 e. The van der Waals surface area contributed by atoms with Crippen molar-refractivity contribution in [2.75, 3.05) is 5.32 Å². The van der Waals surface area contributed by atoms with Crippen LogP contribution in [0.3, 0.4) is 0 Å². The van der Waals surface area contributed by atoms with Gasteiger partial charge < -0.3 is 19.2 Å². The fourth-order valence-electron chi connectivity index (χ4n) is 3.27. The molecule has 0 fully saturated rings. The summed E-state index contributed by atoms with van der Waals surface area (Å²) in [6.45, 7) is 6.08. The van der Waals surface area contributed by atoms with Crippen LogP contribution in [-0.2, 0) is 17.9 Å². The minimum Gasteiger partial charge on any atom is -0.486 e. The number of hydrogen-bond acceptors (Lipinski definition) is 6. The molecule has 4 aromatic rings. The first-order valence-corrected chi connectivity index (χ1v) is 10.7. The number of amides is 1. The van der Waals surface area contributed by atoms with Crippen molar-refractivity contribution in [3.63, 3.8) is 0 Å². The number of carbonyl (C=O) groups is 2. The number of fused-ring (bicyclic) bond motifs is 1. The van der Waals surface area contributed by atoms with Gasteiger partial charge in [0.25, 0.3) is 5.91 Å². The molecule has 33 heavy (non-hydrogen) atoms. The van der Waals surface area contributed by atoms with E-state index < -0.39 is 11.9 Å². The van der Waals surface area contributed by atoms with Gasteiger partial charge in [0.2, 0.25) is 0 Å². The van der Waals surface area contributed by atoms with E-state index in [0.29, 0.717) is 18.1 Å². The van der Waals surface area contributed by atoms with Crippen molar-refractivity contribution >= 4 is 28.3 Å². The number of esters is 1. The molecule has 2 aromatic carbocycles. The molecule has 0 aliphatic rings. The van der Waals surface area contributed by atoms with Crippen LogP contribution in [0.15, 0.2) is 65.2 Å². The van der Waals surface area contributed by atoms with Crippen molar-refractivity contribution in [3.8, 4) is 5.75 Å². The van der Waals surface area contributed by atoms with Gasteiger partial charge in [0, 0.05) is 12.7 Å². The van der Waals surface area contributed by atoms with Gasteiger partial charge in [-0.15, -0.1) is 0 Å². The van der Waals surface area contributed by atoms with Crippen LogP contribution in [0.2, 0.25) is 0 Å². The summed E-state index contributed by atoms with van der Waals surface area (Å²) in [4.78, 5) is 25.0. The standard InChI is InChI=1S/C25H25N3O5/c1-4-28-14-21(23(27-28)25(30)32-16(2)3)26-24(29)22-12-11-20(33-22)15-31-19-10-9-17-7-5-6-8-18(17)13-19/h5-14,16H,4,15H2,1-3H3,(H,26,29). The van der Waals surface area contributed by atoms with E-state index in [0.717, 1.165) is 10.8 Å². The van der Waals surface area contributed by atoms with E-state index in [1.807, 2.05) is 49.4 Å². The molecule has 8 heteroatoms. The molecule has 170 valence electrons. The van der Waals surface area contributed by atoms with E-state index in [1.165, 1.54) is 0 Å². The highest BCUT2D eigenvalue weighted by molar-refractivity contribution is 6.06. The molecule has 2 heterocycles. The van der Waals surface area contributed by atoms with Crippen LogP contribution in [-0.4, -0.2) is 27.8 Å². The number of rotatable bonds is 8. The first kappa shape index (κ1) is 22.1. The third kappa shape index (κ3) is 5.23. The molecule has 0 atom stereocenters. The predicted molar refractivity (Wildman–Crippen MR) is 123 cm³/mol. The maximum absolute atomic E-state index is 12.7. The zero-order valence-corrected chi connectivity index (χ0v) is 18.7. The summed E-state index contributed by atoms with van der Waals surface area (Å²) in [6, 6.07) is 17.1. The van der Waals surface area contributed by atoms with E-state index in [1.54, 1.807) is 36.9 Å². The number of aryl methyl sites for hydroxylation is 1. The Morgan fingerprint density at radius 2 is 1.88 bits per heavy atom. The van der Waals surface area contributed by atoms with Gasteiger partial charge >= 0.3 is 5.97 Å². The number of aromatic nitrogens is 2. The largest absolute Gasteiger partial charge is 0.486 e. The normalized spacial score (nSPS) is 11.0. The number of nitrogens with zero attached hydrogens (tertiary/aromatic N) is 2. The maximum atomic E-state index is 12.7. The van der Waals surface area contributed by atoms with Crippen LogP contribution in [0.4, 0.5) is 5.69 Å². The molecule has 0 aliphatic carbocycles. The topological polar surface area (TPSA) is 95.6 Å². The van der Waals surface area contributed by atoms with Gasteiger partial charge in [-0.1, -0.05) is 30.3 Å². The predicted octanol–water partition coefficient (Wildman–Crippen LogP) is 5.05. The third-order valence-corrected chi connectivity index (χ3v) is 4.86. The zero-order valence-electron chi connectivity index (χ0n) is 18.7. The Balaban J connectivity index is 1.42. The fourth-order valence-corrected chi connectivity index (χ4v) is 3.27. The summed E-state index contributed by atoms with van der Waals surface area (Å²) in [6.07, 6.45) is 1.28. The van der Waals surface area contributed by atoms with Gasteiger partial charge in [-0.25, -0.2) is 4.79 Å². The number of nitrogens with one attached hydrogen (secondary N) is 1. The van der Waals surface area contributed by atoms with Gasteiger partial charge in [-0.3, -0.25) is 9.48 Å². The molecule has 4 rings (SSSR count). The summed E-state index contributed by atoms with van der Waals surface area (Å²) >= 11 is 0. The van der Waals surface area contributed by atoms with Gasteiger partial charge in [-0.05, 0) is 55.8 Å². The van der Waals surface area contributed by atoms with Gasteiger partial charge in [0.1, 0.15) is 18.1 Å². The molecule has 1 amide bonds. The highest BCUT2D eigenvalue weighted by Gasteiger charge is 2.22. The minimum atomic E-state index is -0.601. The lowest BCUT2D eigenvalue weighted by atomic mass is 10.1. The number of ether oxygens (including phenoxy) is 2. The summed E-state index contributed by atoms with van der Waals surface area (Å²) in [5.74, 6) is 0.200. The highest BCUT2D eigenvalue weighted by atomic mass is 16.5. The Bertz CT molecular complexity index is 1290. The van der Waals surface area contributed by atoms with Gasteiger partial charge in [-0.2, -0.15) is 5.10 Å². The second-order valence-electron chi connectivity index (χ2n) is 7.72. The van der Waals surface area contributed by atoms with Crippen LogP contribution in [0.1, 0.15) is 47.6 Å². The van der Waals surface area contributed by atoms with Crippen molar-refractivity contribution in [2.45, 2.75) is 40.0 Å². The van der Waals surface area contributed by atoms with E-state index in [-0.39, 0.29) is 29.9 Å². The Morgan fingerprint density at radius 1 is 1.09 bits per heavy atom. The average molecular weight is 447 g/mol. The number of benzene rings is 2. The zero-order chi connectivity index (χ0) is 23.4. The molecule has 0 aliphatic heterocycles. The van der Waals surface area contributed by atoms with E-state index >= 15 is 0 Å². The molecule has 0 radical (unpaired) electrons. The van der Waals surface area contributed by atoms with E-state index in [4.69, 9.17) is 13.9 Å². The molecule has 0 saturated heterocycles. The minimum absolute atomic E-state index is 0.0466. The Morgan fingerprint density at radius 3 is 2.64 bits per heavy atom. The van der Waals surface area contributed by atoms with Crippen LogP contribution in [0.25, 0.3) is 10.8 Å². The summed E-state index contributed by atoms with van der Waals surface area (Å²) in [5, 5.41) is 9.09. The molecule has 2 aromatic heterocycles. The number of hydrogen-bond donors (Lipinski definition) is 1. The monoisotopic (exact) mass is 447 g/mol. The lowest BCUT2D eigenvalue weighted by molar-refractivity contribution is 0.0371. The van der Waals surface area contributed by atoms with E-state index in [2.05, 4.69) is 10.4 Å². The Kier molecular flexibility index (Phi) is 6.44. The molecule has 0 saturated carbocycles. The lowest BCUT2D eigenvalue weighted by Gasteiger charge is -2.07. The van der Waals surface area contributed by atoms with Crippen LogP contribution >= 0.6 is 0 Å². The van der Waals surface area contributed by atoms with Crippen LogP contribution < -0.4 is 10.1 Å². The molecule has 0 bridgehead atoms. The molecule has 0 spiro atoms. The van der Waals surface area contributed by atoms with Crippen molar-refractivity contribution in [1.29, 1.82) is 0 Å². The first-order valence-electron chi connectivity index (χ1n) is 10.7. The second-order valence-corrected chi connectivity index (χ2v) is 7.72. The second kappa shape index (κ2) is 9.60. The van der Waals surface area contributed by atoms with Crippen molar-refractivity contribution < 1.29 is 23.5 Å². The Hall–Kier alpha value is -4.07. The number of furan rings is 1. The summed E-state index contributed by atoms with van der Waals surface area (Å²) < 4.78 is 18.2. The maximum Gasteiger partial charge on any atom is 0.361 e. The molecule has 0 unspecified atom stereocenters. The fraction of sp³-hybridized carbons (Fsp3) is 0.240. The molecule has 8 nitrogen and oxygen atoms in total. The highest BCUT2D eigenvalue weighted by Crippen LogP contribution is 2.22. The van der Waals surface area contributed by atoms with Crippen LogP contribution in [0, 0.1) is 0 Å². The van der Waals surface area contributed by atoms with Gasteiger partial charge in [0.05, 0.1) is 11.8 Å². The lowest BCUT2D eigenvalue weighted by Crippen LogP contribution is -2.17. The Labute approximate surface area is 191 Å². The first-order chi connectivity index (χ1) is 15.9. The van der Waals surface area contributed by atoms with Crippen molar-refractivity contribution in [3.05, 3.63) is 78.0 Å². The van der Waals surface area contributed by atoms with E-state index in [9.17, 15) is 9.59 Å². The molecule has 1 N–H and O–H groups in total. The number of carbonyl (C=O) groups excluding carboxylic acids is 2. The van der Waals surface area contributed by atoms with Crippen LogP contribution in [0.5, 0.6) is 5.75 Å². The SMILES string of the molecule is CCn1cc(NC(=O)c2ccc(COc3ccc4ccccc4c3)o2)c(C(=O)OC(C)C)n1. The third-order valence-electron chi connectivity index (χ3n) is 4.86. The van der Waals surface area contributed by atoms with Gasteiger partial charge in [0.15, 0.2) is 11.5 Å². The summed E-state index contributed by atoms with van der Waals surface area (Å²) in [5.41, 5.74) is 0.309. The average Bonchev–Trinajstić information content (AvgIpc) is 3.44. The summed E-state index contributed by atoms with van der Waals surface area (Å²) in [7, 11) is 0. The molecular weight excluding hydrogens is 422 g/mol.